The molecular weight excluding hydrogens is 795 g/mol. The van der Waals surface area contributed by atoms with E-state index >= 15 is 4.79 Å². The van der Waals surface area contributed by atoms with E-state index < -0.39 is 0 Å². The molecule has 9 heteroatoms. The smallest absolute Gasteiger partial charge is 0.261 e. The molecule has 0 spiro atoms. The number of fused-ring (bicyclic) bond motifs is 2. The predicted octanol–water partition coefficient (Wildman–Crippen LogP) is 11.1. The van der Waals surface area contributed by atoms with Crippen molar-refractivity contribution in [2.45, 2.75) is 124 Å². The standard InChI is InChI=1S/C55H61N5O4/c1-32(30-55(4,5)6)25-27-58(28-26-56-34(3)61)46-24-17-35(31-57-46)44-29-45-47-38(33(2)59(54(45)64)36-13-9-7-10-14-36)18-19-40-39-20-22-42-50-43(23-21-41(48(39)50)49(44)51(40)47)53(63)60(52(42)62)37-15-11-8-12-16-37/h17-24,29,31-32,36-37H,2,7-16,25-28,30H2,1,3-6H3,(H,56,61). The average molecular weight is 856 g/mol. The summed E-state index contributed by atoms with van der Waals surface area (Å²) in [5.41, 5.74) is 3.13. The highest BCUT2D eigenvalue weighted by atomic mass is 16.2. The van der Waals surface area contributed by atoms with Gasteiger partial charge in [-0.15, -0.1) is 0 Å². The third-order valence-corrected chi connectivity index (χ3v) is 14.8. The largest absolute Gasteiger partial charge is 0.355 e. The second kappa shape index (κ2) is 16.3. The van der Waals surface area contributed by atoms with Gasteiger partial charge in [-0.2, -0.15) is 0 Å². The Labute approximate surface area is 375 Å². The van der Waals surface area contributed by atoms with Crippen molar-refractivity contribution in [1.29, 1.82) is 0 Å². The Morgan fingerprint density at radius 2 is 1.34 bits per heavy atom. The number of nitrogens with zero attached hydrogens (tertiary/aromatic N) is 4. The Balaban J connectivity index is 1.19. The number of benzene rings is 5. The molecule has 1 atom stereocenters. The van der Waals surface area contributed by atoms with E-state index in [1.165, 1.54) is 6.42 Å². The molecule has 64 heavy (non-hydrogen) atoms. The highest BCUT2D eigenvalue weighted by Crippen LogP contribution is 2.49. The molecule has 2 saturated carbocycles. The van der Waals surface area contributed by atoms with Crippen molar-refractivity contribution in [3.63, 3.8) is 0 Å². The molecule has 9 nitrogen and oxygen atoms in total. The van der Waals surface area contributed by atoms with Gasteiger partial charge in [-0.1, -0.05) is 97.1 Å². The summed E-state index contributed by atoms with van der Waals surface area (Å²) in [7, 11) is 0. The summed E-state index contributed by atoms with van der Waals surface area (Å²) in [6, 6.07) is 18.6. The summed E-state index contributed by atoms with van der Waals surface area (Å²) in [6.07, 6.45) is 14.2. The van der Waals surface area contributed by atoms with E-state index in [1.807, 2.05) is 22.9 Å². The van der Waals surface area contributed by atoms with Crippen molar-refractivity contribution in [1.82, 2.24) is 19.8 Å². The second-order valence-electron chi connectivity index (χ2n) is 20.5. The summed E-state index contributed by atoms with van der Waals surface area (Å²) in [5, 5.41) is 12.7. The lowest BCUT2D eigenvalue weighted by atomic mass is 9.81. The van der Waals surface area contributed by atoms with Gasteiger partial charge in [0.25, 0.3) is 17.4 Å². The van der Waals surface area contributed by atoms with Crippen LogP contribution in [0.3, 0.4) is 0 Å². The second-order valence-corrected chi connectivity index (χ2v) is 20.5. The number of hydrogen-bond acceptors (Lipinski definition) is 6. The van der Waals surface area contributed by atoms with E-state index in [1.54, 1.807) is 11.8 Å². The van der Waals surface area contributed by atoms with Crippen LogP contribution in [0, 0.1) is 11.3 Å². The Morgan fingerprint density at radius 3 is 1.98 bits per heavy atom. The van der Waals surface area contributed by atoms with E-state index in [0.29, 0.717) is 35.5 Å². The van der Waals surface area contributed by atoms with Crippen molar-refractivity contribution in [3.05, 3.63) is 87.6 Å². The maximum Gasteiger partial charge on any atom is 0.261 e. The van der Waals surface area contributed by atoms with Crippen molar-refractivity contribution < 1.29 is 14.4 Å². The molecule has 5 aromatic carbocycles. The van der Waals surface area contributed by atoms with Crippen LogP contribution in [0.4, 0.5) is 5.82 Å². The predicted molar refractivity (Wildman–Crippen MR) is 262 cm³/mol. The van der Waals surface area contributed by atoms with E-state index in [-0.39, 0.29) is 40.8 Å². The van der Waals surface area contributed by atoms with Crippen LogP contribution in [0.5, 0.6) is 0 Å². The maximum absolute atomic E-state index is 15.1. The molecule has 0 bridgehead atoms. The van der Waals surface area contributed by atoms with Gasteiger partial charge in [0.1, 0.15) is 5.82 Å². The molecule has 0 radical (unpaired) electrons. The zero-order valence-corrected chi connectivity index (χ0v) is 38.2. The molecule has 7 aromatic rings. The Kier molecular flexibility index (Phi) is 10.7. The fourth-order valence-corrected chi connectivity index (χ4v) is 12.1. The number of carbonyl (C=O) groups excluding carboxylic acids is 3. The topological polar surface area (TPSA) is 105 Å². The van der Waals surface area contributed by atoms with Crippen LogP contribution in [0.1, 0.15) is 138 Å². The number of amides is 3. The Morgan fingerprint density at radius 1 is 0.734 bits per heavy atom. The minimum Gasteiger partial charge on any atom is -0.355 e. The monoisotopic (exact) mass is 855 g/mol. The number of rotatable bonds is 11. The first kappa shape index (κ1) is 42.1. The molecule has 3 amide bonds. The van der Waals surface area contributed by atoms with Gasteiger partial charge >= 0.3 is 0 Å². The molecule has 10 rings (SSSR count). The molecule has 330 valence electrons. The van der Waals surface area contributed by atoms with E-state index in [4.69, 9.17) is 4.98 Å². The normalized spacial score (nSPS) is 17.2. The highest BCUT2D eigenvalue weighted by molar-refractivity contribution is 6.42. The maximum atomic E-state index is 15.1. The first-order valence-corrected chi connectivity index (χ1v) is 23.9. The molecule has 0 saturated heterocycles. The number of pyridine rings is 2. The minimum atomic E-state index is -0.204. The van der Waals surface area contributed by atoms with Crippen LogP contribution in [0.15, 0.2) is 65.6 Å². The molecule has 3 heterocycles. The molecular formula is C55H61N5O4. The first-order chi connectivity index (χ1) is 30.8. The number of anilines is 1. The lowest BCUT2D eigenvalue weighted by molar-refractivity contribution is -0.118. The zero-order valence-electron chi connectivity index (χ0n) is 38.2. The van der Waals surface area contributed by atoms with Crippen LogP contribution in [0.2, 0.25) is 0 Å². The fourth-order valence-electron chi connectivity index (χ4n) is 12.1. The van der Waals surface area contributed by atoms with Crippen molar-refractivity contribution in [2.24, 2.45) is 11.3 Å². The number of imide groups is 1. The highest BCUT2D eigenvalue weighted by Gasteiger charge is 2.39. The van der Waals surface area contributed by atoms with Gasteiger partial charge in [-0.25, -0.2) is 4.98 Å². The molecule has 1 unspecified atom stereocenters. The zero-order chi connectivity index (χ0) is 44.6. The molecule has 2 fully saturated rings. The van der Waals surface area contributed by atoms with Gasteiger partial charge in [0.2, 0.25) is 5.91 Å². The summed E-state index contributed by atoms with van der Waals surface area (Å²) >= 11 is 0. The minimum absolute atomic E-state index is 0.0116. The van der Waals surface area contributed by atoms with Crippen LogP contribution in [-0.2, 0) is 4.79 Å². The summed E-state index contributed by atoms with van der Waals surface area (Å²) in [5.74, 6) is 0.877. The summed E-state index contributed by atoms with van der Waals surface area (Å²) in [4.78, 5) is 64.9. The van der Waals surface area contributed by atoms with Crippen molar-refractivity contribution >= 4 is 84.0 Å². The van der Waals surface area contributed by atoms with Crippen molar-refractivity contribution in [3.8, 4) is 11.1 Å². The third-order valence-electron chi connectivity index (χ3n) is 14.8. The van der Waals surface area contributed by atoms with Crippen molar-refractivity contribution in [2.75, 3.05) is 24.5 Å². The summed E-state index contributed by atoms with van der Waals surface area (Å²) < 4.78 is 1.98. The summed E-state index contributed by atoms with van der Waals surface area (Å²) in [6.45, 7) is 17.2. The van der Waals surface area contributed by atoms with Gasteiger partial charge in [0.15, 0.2) is 0 Å². The number of aromatic nitrogens is 2. The molecule has 3 aliphatic rings. The van der Waals surface area contributed by atoms with Gasteiger partial charge in [-0.05, 0) is 118 Å². The third kappa shape index (κ3) is 7.10. The van der Waals surface area contributed by atoms with Gasteiger partial charge in [0, 0.05) is 88.4 Å². The van der Waals surface area contributed by atoms with Gasteiger partial charge in [-0.3, -0.25) is 24.1 Å². The van der Waals surface area contributed by atoms with E-state index in [9.17, 15) is 14.4 Å². The van der Waals surface area contributed by atoms with Crippen LogP contribution in [0.25, 0.3) is 71.6 Å². The number of nitrogens with one attached hydrogen (secondary N) is 1. The van der Waals surface area contributed by atoms with E-state index in [0.717, 1.165) is 148 Å². The molecule has 2 aliphatic carbocycles. The van der Waals surface area contributed by atoms with Crippen LogP contribution < -0.4 is 21.1 Å². The quantitative estimate of drug-likeness (QED) is 0.0789. The lowest BCUT2D eigenvalue weighted by Crippen LogP contribution is -2.47. The number of carbonyl (C=O) groups is 3. The fraction of sp³-hybridized carbons (Fsp3) is 0.436. The Hall–Kier alpha value is -5.83. The van der Waals surface area contributed by atoms with Crippen LogP contribution >= 0.6 is 0 Å². The first-order valence-electron chi connectivity index (χ1n) is 23.9. The number of hydrogen-bond donors (Lipinski definition) is 1. The van der Waals surface area contributed by atoms with Gasteiger partial charge in [0.05, 0.1) is 0 Å². The van der Waals surface area contributed by atoms with E-state index in [2.05, 4.69) is 87.0 Å². The average Bonchev–Trinajstić information content (AvgIpc) is 3.28. The molecule has 2 aromatic heterocycles. The lowest BCUT2D eigenvalue weighted by Gasteiger charge is -2.36. The van der Waals surface area contributed by atoms with Gasteiger partial charge < -0.3 is 14.8 Å². The molecule has 1 N–H and O–H groups in total. The SMILES string of the molecule is C=c1c2ccc3c4ccc5c6c(ccc(c7c(-c8ccc(N(CCNC(C)=O)CCC(C)CC(C)(C)C)nc8)cc(c(=O)n1C1CCCCC1)c2c37)c64)C(=O)N(C1CCCCC1)C5=O. The van der Waals surface area contributed by atoms with Crippen LogP contribution in [-0.4, -0.2) is 57.8 Å². The molecule has 1 aliphatic heterocycles. The Bertz CT molecular complexity index is 3070.